The summed E-state index contributed by atoms with van der Waals surface area (Å²) in [5.41, 5.74) is 0. The zero-order valence-electron chi connectivity index (χ0n) is 7.71. The fourth-order valence-electron chi connectivity index (χ4n) is 1.29. The van der Waals surface area contributed by atoms with Crippen molar-refractivity contribution in [3.05, 3.63) is 27.5 Å². The van der Waals surface area contributed by atoms with E-state index in [1.165, 1.54) is 11.3 Å². The molecule has 0 saturated carbocycles. The zero-order valence-corrected chi connectivity index (χ0v) is 10.9. The molecule has 1 aromatic heterocycles. The highest BCUT2D eigenvalue weighted by Crippen LogP contribution is 2.35. The van der Waals surface area contributed by atoms with Gasteiger partial charge in [0.2, 0.25) is 0 Å². The number of hydrogen-bond donors (Lipinski definition) is 0. The minimum absolute atomic E-state index is 0.425. The van der Waals surface area contributed by atoms with Crippen LogP contribution in [0.4, 0.5) is 0 Å². The maximum atomic E-state index is 11.0. The lowest BCUT2D eigenvalue weighted by atomic mass is 10.2. The van der Waals surface area contributed by atoms with Crippen molar-refractivity contribution in [1.82, 2.24) is 0 Å². The molecule has 0 bridgehead atoms. The monoisotopic (exact) mass is 304 g/mol. The second-order valence-corrected chi connectivity index (χ2v) is 5.19. The lowest BCUT2D eigenvalue weighted by Gasteiger charge is -2.01. The number of ether oxygens (including phenoxy) is 1. The SMILES string of the molecule is COc1cc2sc(C(=O)Cl)cc2cc1Br. The first-order valence-corrected chi connectivity index (χ1v) is 6.07. The summed E-state index contributed by atoms with van der Waals surface area (Å²) in [6.07, 6.45) is 0. The molecule has 0 saturated heterocycles. The summed E-state index contributed by atoms with van der Waals surface area (Å²) in [4.78, 5) is 11.5. The van der Waals surface area contributed by atoms with Gasteiger partial charge >= 0.3 is 0 Å². The third kappa shape index (κ3) is 2.02. The van der Waals surface area contributed by atoms with E-state index in [0.717, 1.165) is 20.3 Å². The normalized spacial score (nSPS) is 10.6. The predicted molar refractivity (Wildman–Crippen MR) is 66.3 cm³/mol. The van der Waals surface area contributed by atoms with Crippen LogP contribution in [0.1, 0.15) is 9.67 Å². The number of fused-ring (bicyclic) bond motifs is 1. The maximum Gasteiger partial charge on any atom is 0.262 e. The van der Waals surface area contributed by atoms with Crippen molar-refractivity contribution < 1.29 is 9.53 Å². The van der Waals surface area contributed by atoms with Gasteiger partial charge in [-0.2, -0.15) is 0 Å². The summed E-state index contributed by atoms with van der Waals surface area (Å²) in [5.74, 6) is 0.748. The first kappa shape index (κ1) is 10.9. The molecule has 2 aromatic rings. The number of halogens is 2. The number of thiophene rings is 1. The first-order valence-electron chi connectivity index (χ1n) is 4.08. The van der Waals surface area contributed by atoms with E-state index in [-0.39, 0.29) is 0 Å². The minimum Gasteiger partial charge on any atom is -0.496 e. The van der Waals surface area contributed by atoms with Crippen LogP contribution in [0.2, 0.25) is 0 Å². The van der Waals surface area contributed by atoms with Crippen LogP contribution in [0.5, 0.6) is 5.75 Å². The summed E-state index contributed by atoms with van der Waals surface area (Å²) < 4.78 is 7.01. The molecular formula is C10H6BrClO2S. The predicted octanol–water partition coefficient (Wildman–Crippen LogP) is 4.05. The van der Waals surface area contributed by atoms with Crippen molar-refractivity contribution in [2.24, 2.45) is 0 Å². The Morgan fingerprint density at radius 3 is 2.80 bits per heavy atom. The average molecular weight is 306 g/mol. The number of carbonyl (C=O) groups is 1. The van der Waals surface area contributed by atoms with Crippen LogP contribution in [0.25, 0.3) is 10.1 Å². The van der Waals surface area contributed by atoms with E-state index in [4.69, 9.17) is 16.3 Å². The smallest absolute Gasteiger partial charge is 0.262 e. The molecule has 1 aromatic carbocycles. The van der Waals surface area contributed by atoms with Crippen LogP contribution in [-0.2, 0) is 0 Å². The van der Waals surface area contributed by atoms with Crippen LogP contribution >= 0.6 is 38.9 Å². The van der Waals surface area contributed by atoms with E-state index >= 15 is 0 Å². The van der Waals surface area contributed by atoms with E-state index < -0.39 is 5.24 Å². The molecule has 0 atom stereocenters. The number of benzene rings is 1. The molecule has 5 heteroatoms. The lowest BCUT2D eigenvalue weighted by molar-refractivity contribution is 0.108. The Morgan fingerprint density at radius 1 is 1.47 bits per heavy atom. The van der Waals surface area contributed by atoms with Crippen LogP contribution in [0.3, 0.4) is 0 Å². The molecule has 0 spiro atoms. The van der Waals surface area contributed by atoms with Crippen molar-refractivity contribution in [2.45, 2.75) is 0 Å². The molecule has 0 aliphatic rings. The van der Waals surface area contributed by atoms with E-state index in [0.29, 0.717) is 4.88 Å². The second-order valence-electron chi connectivity index (χ2n) is 2.91. The Kier molecular flexibility index (Phi) is 3.00. The Morgan fingerprint density at radius 2 is 2.20 bits per heavy atom. The summed E-state index contributed by atoms with van der Waals surface area (Å²) in [6.45, 7) is 0. The summed E-state index contributed by atoms with van der Waals surface area (Å²) in [7, 11) is 1.60. The van der Waals surface area contributed by atoms with Gasteiger partial charge in [0.05, 0.1) is 16.5 Å². The van der Waals surface area contributed by atoms with Gasteiger partial charge in [-0.05, 0) is 51.1 Å². The molecular weight excluding hydrogens is 300 g/mol. The Labute approximate surface area is 104 Å². The first-order chi connectivity index (χ1) is 7.11. The number of carbonyl (C=O) groups excluding carboxylic acids is 1. The number of methoxy groups -OCH3 is 1. The molecule has 0 unspecified atom stereocenters. The zero-order chi connectivity index (χ0) is 11.0. The standard InChI is InChI=1S/C10H6BrClO2S/c1-14-7-4-8-5(2-6(7)11)3-9(15-8)10(12)13/h2-4H,1H3. The highest BCUT2D eigenvalue weighted by atomic mass is 79.9. The molecule has 0 aliphatic heterocycles. The van der Waals surface area contributed by atoms with Crippen molar-refractivity contribution in [3.63, 3.8) is 0 Å². The molecule has 2 rings (SSSR count). The Hall–Kier alpha value is -0.580. The molecule has 0 aliphatic carbocycles. The van der Waals surface area contributed by atoms with Crippen molar-refractivity contribution in [1.29, 1.82) is 0 Å². The summed E-state index contributed by atoms with van der Waals surface area (Å²) in [6, 6.07) is 5.57. The molecule has 0 fully saturated rings. The molecule has 0 N–H and O–H groups in total. The number of rotatable bonds is 2. The van der Waals surface area contributed by atoms with Gasteiger partial charge in [-0.1, -0.05) is 0 Å². The van der Waals surface area contributed by atoms with Crippen LogP contribution in [0.15, 0.2) is 22.7 Å². The third-order valence-corrected chi connectivity index (χ3v) is 4.02. The number of hydrogen-bond acceptors (Lipinski definition) is 3. The highest BCUT2D eigenvalue weighted by Gasteiger charge is 2.10. The van der Waals surface area contributed by atoms with Gasteiger partial charge < -0.3 is 4.74 Å². The van der Waals surface area contributed by atoms with E-state index in [1.54, 1.807) is 13.2 Å². The fraction of sp³-hybridized carbons (Fsp3) is 0.100. The second kappa shape index (κ2) is 4.12. The lowest BCUT2D eigenvalue weighted by Crippen LogP contribution is -1.82. The van der Waals surface area contributed by atoms with E-state index in [9.17, 15) is 4.79 Å². The Bertz CT molecular complexity index is 535. The molecule has 15 heavy (non-hydrogen) atoms. The fourth-order valence-corrected chi connectivity index (χ4v) is 2.89. The highest BCUT2D eigenvalue weighted by molar-refractivity contribution is 9.10. The largest absolute Gasteiger partial charge is 0.496 e. The van der Waals surface area contributed by atoms with E-state index in [1.807, 2.05) is 12.1 Å². The molecule has 2 nitrogen and oxygen atoms in total. The van der Waals surface area contributed by atoms with E-state index in [2.05, 4.69) is 15.9 Å². The quantitative estimate of drug-likeness (QED) is 0.782. The van der Waals surface area contributed by atoms with Gasteiger partial charge in [0.25, 0.3) is 5.24 Å². The molecule has 1 heterocycles. The van der Waals surface area contributed by atoms with Gasteiger partial charge in [0.1, 0.15) is 5.75 Å². The van der Waals surface area contributed by atoms with Gasteiger partial charge in [-0.15, -0.1) is 11.3 Å². The van der Waals surface area contributed by atoms with Crippen molar-refractivity contribution in [2.75, 3.05) is 7.11 Å². The van der Waals surface area contributed by atoms with Gasteiger partial charge in [-0.3, -0.25) is 4.79 Å². The van der Waals surface area contributed by atoms with Gasteiger partial charge in [0, 0.05) is 4.70 Å². The van der Waals surface area contributed by atoms with Crippen LogP contribution < -0.4 is 4.74 Å². The minimum atomic E-state index is -0.425. The molecule has 0 amide bonds. The topological polar surface area (TPSA) is 26.3 Å². The van der Waals surface area contributed by atoms with Crippen LogP contribution in [0, 0.1) is 0 Å². The summed E-state index contributed by atoms with van der Waals surface area (Å²) in [5, 5.41) is 0.558. The van der Waals surface area contributed by atoms with Gasteiger partial charge in [0.15, 0.2) is 0 Å². The summed E-state index contributed by atoms with van der Waals surface area (Å²) >= 11 is 10.2. The van der Waals surface area contributed by atoms with Crippen LogP contribution in [-0.4, -0.2) is 12.4 Å². The van der Waals surface area contributed by atoms with Crippen molar-refractivity contribution >= 4 is 54.2 Å². The van der Waals surface area contributed by atoms with Crippen molar-refractivity contribution in [3.8, 4) is 5.75 Å². The maximum absolute atomic E-state index is 11.0. The third-order valence-electron chi connectivity index (χ3n) is 1.98. The Balaban J connectivity index is 2.66. The average Bonchev–Trinajstić information content (AvgIpc) is 2.59. The molecule has 0 radical (unpaired) electrons. The molecule has 78 valence electrons. The van der Waals surface area contributed by atoms with Gasteiger partial charge in [-0.25, -0.2) is 0 Å².